The fourth-order valence-corrected chi connectivity index (χ4v) is 5.97. The first-order valence-corrected chi connectivity index (χ1v) is 17.1. The molecule has 42 heavy (non-hydrogen) atoms. The van der Waals surface area contributed by atoms with E-state index in [9.17, 15) is 5.11 Å². The number of hydrogen-bond donors (Lipinski definition) is 1. The Morgan fingerprint density at radius 2 is 1.24 bits per heavy atom. The van der Waals surface area contributed by atoms with Crippen LogP contribution >= 0.6 is 0 Å². The highest BCUT2D eigenvalue weighted by Crippen LogP contribution is 2.32. The number of fused-ring (bicyclic) bond motifs is 1. The van der Waals surface area contributed by atoms with Crippen molar-refractivity contribution >= 4 is 10.9 Å². The van der Waals surface area contributed by atoms with Gasteiger partial charge in [0.1, 0.15) is 5.75 Å². The number of rotatable bonds is 23. The van der Waals surface area contributed by atoms with E-state index >= 15 is 0 Å². The maximum Gasteiger partial charge on any atom is 0.119 e. The summed E-state index contributed by atoms with van der Waals surface area (Å²) >= 11 is 0. The maximum absolute atomic E-state index is 11.8. The Balaban J connectivity index is 1.68. The van der Waals surface area contributed by atoms with E-state index in [1.54, 1.807) is 7.11 Å². The number of nitrogens with zero attached hydrogens (tertiary/aromatic N) is 2. The first-order chi connectivity index (χ1) is 20.7. The van der Waals surface area contributed by atoms with E-state index in [0.717, 1.165) is 46.6 Å². The number of methoxy groups -OCH3 is 1. The van der Waals surface area contributed by atoms with Crippen LogP contribution in [0.1, 0.15) is 128 Å². The van der Waals surface area contributed by atoms with E-state index in [2.05, 4.69) is 36.9 Å². The van der Waals surface area contributed by atoms with Crippen LogP contribution in [0.4, 0.5) is 0 Å². The maximum atomic E-state index is 11.8. The molecule has 0 aliphatic heterocycles. The summed E-state index contributed by atoms with van der Waals surface area (Å²) in [6, 6.07) is 18.4. The van der Waals surface area contributed by atoms with Crippen LogP contribution in [-0.2, 0) is 0 Å². The zero-order valence-corrected chi connectivity index (χ0v) is 27.0. The molecule has 0 bridgehead atoms. The van der Waals surface area contributed by atoms with Crippen LogP contribution in [0, 0.1) is 0 Å². The number of pyridine rings is 1. The SMILES string of the molecule is CCCCCCCCCCN(CCCCCCCCCC)CC(O)c1cc(-c2ccccc2)nc2ccc(OC)cc12. The zero-order valence-electron chi connectivity index (χ0n) is 27.0. The van der Waals surface area contributed by atoms with E-state index in [4.69, 9.17) is 9.72 Å². The fourth-order valence-electron chi connectivity index (χ4n) is 5.97. The minimum Gasteiger partial charge on any atom is -0.497 e. The van der Waals surface area contributed by atoms with Gasteiger partial charge in [0.25, 0.3) is 0 Å². The van der Waals surface area contributed by atoms with Gasteiger partial charge in [-0.1, -0.05) is 134 Å². The predicted octanol–water partition coefficient (Wildman–Crippen LogP) is 10.5. The van der Waals surface area contributed by atoms with Gasteiger partial charge in [0.2, 0.25) is 0 Å². The van der Waals surface area contributed by atoms with Crippen LogP contribution in [0.25, 0.3) is 22.2 Å². The number of hydrogen-bond acceptors (Lipinski definition) is 4. The molecular formula is C38H58N2O2. The molecule has 0 aliphatic rings. The smallest absolute Gasteiger partial charge is 0.119 e. The molecule has 1 N–H and O–H groups in total. The Bertz CT molecular complexity index is 1100. The van der Waals surface area contributed by atoms with E-state index in [1.807, 2.05) is 36.4 Å². The minimum absolute atomic E-state index is 0.590. The van der Waals surface area contributed by atoms with Crippen molar-refractivity contribution in [2.45, 2.75) is 123 Å². The Hall–Kier alpha value is -2.43. The van der Waals surface area contributed by atoms with E-state index in [0.29, 0.717) is 6.54 Å². The topological polar surface area (TPSA) is 45.6 Å². The molecule has 1 atom stereocenters. The first-order valence-electron chi connectivity index (χ1n) is 17.1. The molecule has 3 aromatic rings. The highest BCUT2D eigenvalue weighted by Gasteiger charge is 2.19. The van der Waals surface area contributed by atoms with Crippen LogP contribution in [-0.4, -0.2) is 41.7 Å². The van der Waals surface area contributed by atoms with Crippen molar-refractivity contribution in [2.75, 3.05) is 26.7 Å². The molecule has 0 radical (unpaired) electrons. The predicted molar refractivity (Wildman–Crippen MR) is 180 cm³/mol. The van der Waals surface area contributed by atoms with Gasteiger partial charge in [-0.05, 0) is 55.8 Å². The molecule has 0 spiro atoms. The summed E-state index contributed by atoms with van der Waals surface area (Å²) < 4.78 is 5.55. The number of aliphatic hydroxyl groups is 1. The van der Waals surface area contributed by atoms with E-state index in [1.165, 1.54) is 103 Å². The van der Waals surface area contributed by atoms with E-state index < -0.39 is 6.10 Å². The molecule has 0 saturated heterocycles. The van der Waals surface area contributed by atoms with Crippen LogP contribution in [0.5, 0.6) is 5.75 Å². The van der Waals surface area contributed by atoms with Gasteiger partial charge < -0.3 is 14.7 Å². The molecule has 1 unspecified atom stereocenters. The minimum atomic E-state index is -0.590. The Kier molecular flexibility index (Phi) is 16.6. The average molecular weight is 575 g/mol. The van der Waals surface area contributed by atoms with Gasteiger partial charge in [-0.25, -0.2) is 4.98 Å². The van der Waals surface area contributed by atoms with E-state index in [-0.39, 0.29) is 0 Å². The van der Waals surface area contributed by atoms with Crippen molar-refractivity contribution in [1.82, 2.24) is 9.88 Å². The molecule has 1 aromatic heterocycles. The molecule has 0 fully saturated rings. The summed E-state index contributed by atoms with van der Waals surface area (Å²) in [5.41, 5.74) is 3.80. The molecule has 0 saturated carbocycles. The lowest BCUT2D eigenvalue weighted by Gasteiger charge is -2.26. The van der Waals surface area contributed by atoms with Crippen LogP contribution in [0.2, 0.25) is 0 Å². The third kappa shape index (κ3) is 12.1. The number of ether oxygens (including phenoxy) is 1. The molecule has 3 rings (SSSR count). The lowest BCUT2D eigenvalue weighted by atomic mass is 9.99. The third-order valence-corrected chi connectivity index (χ3v) is 8.56. The van der Waals surface area contributed by atoms with Gasteiger partial charge in [0, 0.05) is 17.5 Å². The quantitative estimate of drug-likeness (QED) is 0.114. The molecule has 0 aliphatic carbocycles. The lowest BCUT2D eigenvalue weighted by molar-refractivity contribution is 0.111. The number of aromatic nitrogens is 1. The number of benzene rings is 2. The Morgan fingerprint density at radius 1 is 0.690 bits per heavy atom. The lowest BCUT2D eigenvalue weighted by Crippen LogP contribution is -2.31. The summed E-state index contributed by atoms with van der Waals surface area (Å²) in [5.74, 6) is 0.792. The van der Waals surface area contributed by atoms with Crippen molar-refractivity contribution in [3.8, 4) is 17.0 Å². The average Bonchev–Trinajstić information content (AvgIpc) is 3.02. The Labute approximate surface area is 256 Å². The van der Waals surface area contributed by atoms with Crippen molar-refractivity contribution in [1.29, 1.82) is 0 Å². The molecule has 4 nitrogen and oxygen atoms in total. The van der Waals surface area contributed by atoms with Gasteiger partial charge in [0.15, 0.2) is 0 Å². The van der Waals surface area contributed by atoms with Crippen molar-refractivity contribution in [2.24, 2.45) is 0 Å². The Morgan fingerprint density at radius 3 is 1.79 bits per heavy atom. The van der Waals surface area contributed by atoms with Crippen LogP contribution in [0.15, 0.2) is 54.6 Å². The second-order valence-corrected chi connectivity index (χ2v) is 12.1. The van der Waals surface area contributed by atoms with Gasteiger partial charge >= 0.3 is 0 Å². The third-order valence-electron chi connectivity index (χ3n) is 8.56. The summed E-state index contributed by atoms with van der Waals surface area (Å²) in [5, 5.41) is 12.7. The fraction of sp³-hybridized carbons (Fsp3) is 0.605. The summed E-state index contributed by atoms with van der Waals surface area (Å²) in [6.45, 7) is 7.32. The monoisotopic (exact) mass is 574 g/mol. The number of unbranched alkanes of at least 4 members (excludes halogenated alkanes) is 14. The molecule has 1 heterocycles. The zero-order chi connectivity index (χ0) is 29.8. The highest BCUT2D eigenvalue weighted by molar-refractivity contribution is 5.86. The molecule has 232 valence electrons. The largest absolute Gasteiger partial charge is 0.497 e. The van der Waals surface area contributed by atoms with Crippen molar-refractivity contribution in [3.63, 3.8) is 0 Å². The highest BCUT2D eigenvalue weighted by atomic mass is 16.5. The van der Waals surface area contributed by atoms with Crippen LogP contribution in [0.3, 0.4) is 0 Å². The summed E-state index contributed by atoms with van der Waals surface area (Å²) in [4.78, 5) is 7.48. The van der Waals surface area contributed by atoms with Gasteiger partial charge in [-0.2, -0.15) is 0 Å². The van der Waals surface area contributed by atoms with Crippen molar-refractivity contribution in [3.05, 3.63) is 60.2 Å². The molecule has 4 heteroatoms. The molecule has 2 aromatic carbocycles. The number of aliphatic hydroxyl groups excluding tert-OH is 1. The second-order valence-electron chi connectivity index (χ2n) is 12.1. The van der Waals surface area contributed by atoms with Gasteiger partial charge in [-0.15, -0.1) is 0 Å². The summed E-state index contributed by atoms with van der Waals surface area (Å²) in [6.07, 6.45) is 20.6. The standard InChI is InChI=1S/C38H58N2O2/c1-4-6-8-10-12-14-16-21-27-40(28-22-17-15-13-11-9-7-5-2)31-38(41)35-30-37(32-23-19-18-20-24-32)39-36-26-25-33(42-3)29-34(35)36/h18-20,23-26,29-30,38,41H,4-17,21-22,27-28,31H2,1-3H3. The van der Waals surface area contributed by atoms with Gasteiger partial charge in [0.05, 0.1) is 24.4 Å². The van der Waals surface area contributed by atoms with Gasteiger partial charge in [-0.3, -0.25) is 0 Å². The second kappa shape index (κ2) is 20.5. The normalized spacial score (nSPS) is 12.3. The molecule has 0 amide bonds. The van der Waals surface area contributed by atoms with Crippen LogP contribution < -0.4 is 4.74 Å². The van der Waals surface area contributed by atoms with Crippen molar-refractivity contribution < 1.29 is 9.84 Å². The first kappa shape index (κ1) is 34.1. The summed E-state index contributed by atoms with van der Waals surface area (Å²) in [7, 11) is 1.69. The molecular weight excluding hydrogens is 516 g/mol.